The van der Waals surface area contributed by atoms with Crippen LogP contribution in [0.3, 0.4) is 0 Å². The summed E-state index contributed by atoms with van der Waals surface area (Å²) < 4.78 is 18.3. The highest BCUT2D eigenvalue weighted by molar-refractivity contribution is 5.19. The molecule has 1 aromatic heterocycles. The van der Waals surface area contributed by atoms with Crippen molar-refractivity contribution in [2.75, 3.05) is 39.5 Å². The number of piperidine rings is 3. The maximum Gasteiger partial charge on any atom is 0.115 e. The van der Waals surface area contributed by atoms with Crippen LogP contribution >= 0.6 is 0 Å². The average molecular weight is 795 g/mol. The molecule has 6 rings (SSSR count). The third-order valence-corrected chi connectivity index (χ3v) is 11.9. The van der Waals surface area contributed by atoms with Crippen LogP contribution in [0.1, 0.15) is 188 Å². The number of nitrogens with one attached hydrogen (secondary N) is 3. The van der Waals surface area contributed by atoms with Crippen LogP contribution in [0.5, 0.6) is 0 Å². The molecular formula is C50H90N4O3. The number of hydrogen-bond acceptors (Lipinski definition) is 7. The molecule has 328 valence electrons. The number of hydrogen-bond donors (Lipinski definition) is 3. The van der Waals surface area contributed by atoms with Gasteiger partial charge in [-0.2, -0.15) is 0 Å². The normalized spacial score (nSPS) is 23.2. The van der Waals surface area contributed by atoms with Gasteiger partial charge in [0.25, 0.3) is 0 Å². The molecule has 1 aromatic carbocycles. The van der Waals surface area contributed by atoms with Gasteiger partial charge in [0.05, 0.1) is 24.5 Å². The van der Waals surface area contributed by atoms with Crippen LogP contribution < -0.4 is 16.0 Å². The number of pyridine rings is 1. The Morgan fingerprint density at radius 1 is 0.579 bits per heavy atom. The Hall–Kier alpha value is -1.87. The zero-order chi connectivity index (χ0) is 41.4. The monoisotopic (exact) mass is 795 g/mol. The molecule has 1 saturated carbocycles. The van der Waals surface area contributed by atoms with E-state index in [4.69, 9.17) is 14.2 Å². The molecule has 0 bridgehead atoms. The number of ether oxygens (including phenoxy) is 3. The minimum Gasteiger partial charge on any atom is -0.377 e. The smallest absolute Gasteiger partial charge is 0.115 e. The summed E-state index contributed by atoms with van der Waals surface area (Å²) in [6, 6.07) is 18.3. The molecule has 4 fully saturated rings. The highest BCUT2D eigenvalue weighted by Crippen LogP contribution is 2.32. The highest BCUT2D eigenvalue weighted by Gasteiger charge is 2.32. The van der Waals surface area contributed by atoms with E-state index in [1.54, 1.807) is 0 Å². The van der Waals surface area contributed by atoms with E-state index < -0.39 is 0 Å². The lowest BCUT2D eigenvalue weighted by atomic mass is 9.81. The molecule has 3 saturated heterocycles. The minimum atomic E-state index is 0.103. The third kappa shape index (κ3) is 19.8. The molecule has 1 aliphatic carbocycles. The highest BCUT2D eigenvalue weighted by atomic mass is 16.5. The fraction of sp³-hybridized carbons (Fsp3) is 0.780. The van der Waals surface area contributed by atoms with Crippen molar-refractivity contribution < 1.29 is 14.2 Å². The molecule has 3 aliphatic heterocycles. The Labute approximate surface area is 352 Å². The van der Waals surface area contributed by atoms with Gasteiger partial charge in [-0.1, -0.05) is 129 Å². The molecule has 57 heavy (non-hydrogen) atoms. The topological polar surface area (TPSA) is 76.7 Å². The van der Waals surface area contributed by atoms with Crippen LogP contribution in [-0.2, 0) is 14.2 Å². The number of benzene rings is 1. The Balaban J connectivity index is 0.000000286. The fourth-order valence-electron chi connectivity index (χ4n) is 8.94. The molecule has 4 aliphatic rings. The van der Waals surface area contributed by atoms with Gasteiger partial charge in [0, 0.05) is 37.5 Å². The van der Waals surface area contributed by atoms with E-state index in [1.807, 2.05) is 52.9 Å². The zero-order valence-corrected chi connectivity index (χ0v) is 38.3. The Morgan fingerprint density at radius 2 is 1.12 bits per heavy atom. The summed E-state index contributed by atoms with van der Waals surface area (Å²) in [7, 11) is 0. The molecule has 3 N–H and O–H groups in total. The van der Waals surface area contributed by atoms with Crippen LogP contribution in [0.15, 0.2) is 54.7 Å². The first-order valence-electron chi connectivity index (χ1n) is 24.2. The van der Waals surface area contributed by atoms with Crippen LogP contribution in [0, 0.1) is 11.8 Å². The Kier molecular flexibility index (Phi) is 30.5. The summed E-state index contributed by atoms with van der Waals surface area (Å²) in [5.74, 6) is 1.52. The van der Waals surface area contributed by atoms with Crippen molar-refractivity contribution in [3.05, 3.63) is 66.0 Å². The average Bonchev–Trinajstić information content (AvgIpc) is 3.31. The van der Waals surface area contributed by atoms with Gasteiger partial charge >= 0.3 is 0 Å². The van der Waals surface area contributed by atoms with Crippen molar-refractivity contribution >= 4 is 0 Å². The maximum atomic E-state index is 6.41. The predicted octanol–water partition coefficient (Wildman–Crippen LogP) is 12.2. The van der Waals surface area contributed by atoms with Crippen molar-refractivity contribution in [2.45, 2.75) is 201 Å². The van der Waals surface area contributed by atoms with E-state index in [1.165, 1.54) is 121 Å². The Morgan fingerprint density at radius 3 is 1.61 bits per heavy atom. The first-order valence-corrected chi connectivity index (χ1v) is 24.2. The minimum absolute atomic E-state index is 0.103. The van der Waals surface area contributed by atoms with Gasteiger partial charge in [0.15, 0.2) is 0 Å². The maximum absolute atomic E-state index is 6.41. The van der Waals surface area contributed by atoms with Crippen LogP contribution in [0.2, 0.25) is 0 Å². The number of rotatable bonds is 16. The Bertz CT molecular complexity index is 1110. The lowest BCUT2D eigenvalue weighted by molar-refractivity contribution is -0.0230. The van der Waals surface area contributed by atoms with Crippen molar-refractivity contribution in [2.24, 2.45) is 11.8 Å². The summed E-state index contributed by atoms with van der Waals surface area (Å²) >= 11 is 0. The summed E-state index contributed by atoms with van der Waals surface area (Å²) in [6.07, 6.45) is 25.1. The van der Waals surface area contributed by atoms with E-state index in [-0.39, 0.29) is 12.2 Å². The van der Waals surface area contributed by atoms with Gasteiger partial charge < -0.3 is 30.2 Å². The van der Waals surface area contributed by atoms with Gasteiger partial charge in [0.1, 0.15) is 6.10 Å². The van der Waals surface area contributed by atoms with E-state index in [9.17, 15) is 0 Å². The SMILES string of the molecule is CC.CC.CCCC(CC)COC(c1ccccc1)C1CCCCN1.CCOC(C1CCCCC1)C1CCCCN1.CCOC(c1ccccn1)C1CCCCN1. The van der Waals surface area contributed by atoms with E-state index >= 15 is 0 Å². The number of aromatic nitrogens is 1. The van der Waals surface area contributed by atoms with Crippen molar-refractivity contribution in [1.29, 1.82) is 0 Å². The lowest BCUT2D eigenvalue weighted by Gasteiger charge is -2.37. The van der Waals surface area contributed by atoms with Gasteiger partial charge in [-0.15, -0.1) is 0 Å². The van der Waals surface area contributed by atoms with Gasteiger partial charge in [-0.05, 0) is 121 Å². The van der Waals surface area contributed by atoms with Crippen molar-refractivity contribution in [3.63, 3.8) is 0 Å². The van der Waals surface area contributed by atoms with E-state index in [0.717, 1.165) is 44.5 Å². The summed E-state index contributed by atoms with van der Waals surface area (Å²) in [6.45, 7) is 22.6. The van der Waals surface area contributed by atoms with Crippen molar-refractivity contribution in [3.8, 4) is 0 Å². The number of nitrogens with zero attached hydrogens (tertiary/aromatic N) is 1. The van der Waals surface area contributed by atoms with E-state index in [2.05, 4.69) is 78.1 Å². The molecule has 7 atom stereocenters. The predicted molar refractivity (Wildman–Crippen MR) is 244 cm³/mol. The fourth-order valence-corrected chi connectivity index (χ4v) is 8.94. The standard InChI is InChI=1S/C19H31NO.C14H27NO.C13H20N2O.2C2H6/c1-3-10-16(4-2)15-21-19(17-11-6-5-7-12-17)18-13-8-9-14-20-18;1-2-16-14(12-8-4-3-5-9-12)13-10-6-7-11-15-13;1-2-16-13(11-7-3-5-9-14-11)12-8-4-6-10-15-12;2*1-2/h5-7,11-12,16,18-20H,3-4,8-10,13-15H2,1-2H3;12-15H,2-11H2,1H3;3,5,7,9,12-13,15H,2,4,6,8,10H2,1H3;2*1-2H3. The van der Waals surface area contributed by atoms with E-state index in [0.29, 0.717) is 30.1 Å². The van der Waals surface area contributed by atoms with Crippen molar-refractivity contribution in [1.82, 2.24) is 20.9 Å². The summed E-state index contributed by atoms with van der Waals surface area (Å²) in [5, 5.41) is 10.9. The van der Waals surface area contributed by atoms with Gasteiger partial charge in [-0.3, -0.25) is 4.98 Å². The summed E-state index contributed by atoms with van der Waals surface area (Å²) in [5.41, 5.74) is 2.37. The van der Waals surface area contributed by atoms with Crippen LogP contribution in [-0.4, -0.2) is 68.7 Å². The first kappa shape index (κ1) is 51.3. The molecule has 0 amide bonds. The zero-order valence-electron chi connectivity index (χ0n) is 38.3. The molecule has 7 nitrogen and oxygen atoms in total. The first-order chi connectivity index (χ1) is 28.2. The third-order valence-electron chi connectivity index (χ3n) is 11.9. The molecule has 2 aromatic rings. The summed E-state index contributed by atoms with van der Waals surface area (Å²) in [4.78, 5) is 4.41. The largest absolute Gasteiger partial charge is 0.377 e. The lowest BCUT2D eigenvalue weighted by Crippen LogP contribution is -2.48. The second-order valence-electron chi connectivity index (χ2n) is 15.8. The van der Waals surface area contributed by atoms with Gasteiger partial charge in [-0.25, -0.2) is 0 Å². The van der Waals surface area contributed by atoms with Gasteiger partial charge in [0.2, 0.25) is 0 Å². The quantitative estimate of drug-likeness (QED) is 0.156. The van der Waals surface area contributed by atoms with Crippen LogP contribution in [0.4, 0.5) is 0 Å². The molecule has 0 spiro atoms. The molecular weight excluding hydrogens is 705 g/mol. The van der Waals surface area contributed by atoms with Crippen LogP contribution in [0.25, 0.3) is 0 Å². The molecule has 4 heterocycles. The molecule has 0 radical (unpaired) electrons. The molecule has 7 unspecified atom stereocenters. The second-order valence-corrected chi connectivity index (χ2v) is 15.8. The molecule has 7 heteroatoms. The second kappa shape index (κ2) is 33.9.